The van der Waals surface area contributed by atoms with Gasteiger partial charge in [0.15, 0.2) is 5.52 Å². The van der Waals surface area contributed by atoms with Crippen molar-refractivity contribution in [2.75, 3.05) is 19.0 Å². The summed E-state index contributed by atoms with van der Waals surface area (Å²) in [6.45, 7) is 1.78. The van der Waals surface area contributed by atoms with E-state index >= 15 is 0 Å². The van der Waals surface area contributed by atoms with Gasteiger partial charge in [-0.1, -0.05) is 34.8 Å². The molecule has 0 amide bonds. The molecule has 0 aliphatic rings. The van der Waals surface area contributed by atoms with Crippen LogP contribution in [0.2, 0.25) is 15.1 Å². The van der Waals surface area contributed by atoms with Crippen molar-refractivity contribution < 1.29 is 0 Å². The smallest absolute Gasteiger partial charge is 0.281 e. The zero-order valence-corrected chi connectivity index (χ0v) is 15.7. The Morgan fingerprint density at radius 2 is 1.71 bits per heavy atom. The fraction of sp³-hybridized carbons (Fsp3) is 0.267. The molecule has 0 atom stereocenters. The molecule has 9 heteroatoms. The largest absolute Gasteiger partial charge is 0.348 e. The van der Waals surface area contributed by atoms with E-state index < -0.39 is 0 Å². The number of fused-ring (bicyclic) bond motifs is 1. The second-order valence-corrected chi connectivity index (χ2v) is 6.83. The van der Waals surface area contributed by atoms with Crippen LogP contribution in [0, 0.1) is 6.92 Å². The standard InChI is InChI=1S/C15H14Cl3N5O/c1-7-11-13(14(24)22(4)15(19-11)21(2)3)23(20-7)12-9(17)5-8(16)6-10(12)18/h5-6H,1-4H3. The van der Waals surface area contributed by atoms with Gasteiger partial charge in [0.05, 0.1) is 15.7 Å². The van der Waals surface area contributed by atoms with Crippen LogP contribution < -0.4 is 10.5 Å². The number of hydrogen-bond acceptors (Lipinski definition) is 4. The minimum atomic E-state index is -0.244. The molecule has 2 aromatic heterocycles. The Kier molecular flexibility index (Phi) is 4.23. The summed E-state index contributed by atoms with van der Waals surface area (Å²) >= 11 is 18.5. The Bertz CT molecular complexity index is 999. The molecule has 3 rings (SSSR count). The van der Waals surface area contributed by atoms with E-state index in [1.54, 1.807) is 31.0 Å². The van der Waals surface area contributed by atoms with Gasteiger partial charge in [-0.25, -0.2) is 9.67 Å². The summed E-state index contributed by atoms with van der Waals surface area (Å²) in [5, 5.41) is 5.43. The van der Waals surface area contributed by atoms with Crippen LogP contribution in [0.5, 0.6) is 0 Å². The molecular weight excluding hydrogens is 373 g/mol. The minimum Gasteiger partial charge on any atom is -0.348 e. The molecule has 0 aliphatic heterocycles. The number of anilines is 1. The van der Waals surface area contributed by atoms with Gasteiger partial charge >= 0.3 is 0 Å². The third kappa shape index (κ3) is 2.55. The van der Waals surface area contributed by atoms with Crippen molar-refractivity contribution >= 4 is 51.8 Å². The van der Waals surface area contributed by atoms with E-state index in [1.165, 1.54) is 9.25 Å². The third-order valence-corrected chi connectivity index (χ3v) is 4.44. The lowest BCUT2D eigenvalue weighted by atomic mass is 10.3. The molecule has 0 radical (unpaired) electrons. The molecule has 3 aromatic rings. The van der Waals surface area contributed by atoms with Crippen molar-refractivity contribution in [3.8, 4) is 5.69 Å². The Balaban J connectivity index is 2.45. The number of nitrogens with zero attached hydrogens (tertiary/aromatic N) is 5. The van der Waals surface area contributed by atoms with Gasteiger partial charge < -0.3 is 4.90 Å². The van der Waals surface area contributed by atoms with Gasteiger partial charge in [0.1, 0.15) is 11.2 Å². The van der Waals surface area contributed by atoms with E-state index in [-0.39, 0.29) is 5.56 Å². The number of benzene rings is 1. The van der Waals surface area contributed by atoms with E-state index in [0.717, 1.165) is 0 Å². The van der Waals surface area contributed by atoms with Gasteiger partial charge in [-0.05, 0) is 19.1 Å². The summed E-state index contributed by atoms with van der Waals surface area (Å²) in [6.07, 6.45) is 0. The number of hydrogen-bond donors (Lipinski definition) is 0. The maximum Gasteiger partial charge on any atom is 0.281 e. The Labute approximate surface area is 153 Å². The van der Waals surface area contributed by atoms with Crippen molar-refractivity contribution in [3.63, 3.8) is 0 Å². The maximum atomic E-state index is 12.9. The number of aryl methyl sites for hydroxylation is 1. The van der Waals surface area contributed by atoms with Crippen LogP contribution in [-0.4, -0.2) is 33.4 Å². The summed E-state index contributed by atoms with van der Waals surface area (Å²) in [5.74, 6) is 0.531. The number of aromatic nitrogens is 4. The van der Waals surface area contributed by atoms with Crippen LogP contribution in [0.1, 0.15) is 5.69 Å². The van der Waals surface area contributed by atoms with Crippen LogP contribution in [-0.2, 0) is 7.05 Å². The van der Waals surface area contributed by atoms with E-state index in [4.69, 9.17) is 34.8 Å². The first kappa shape index (κ1) is 17.1. The maximum absolute atomic E-state index is 12.9. The highest BCUT2D eigenvalue weighted by molar-refractivity contribution is 6.40. The van der Waals surface area contributed by atoms with Gasteiger partial charge in [-0.2, -0.15) is 5.10 Å². The molecule has 0 saturated heterocycles. The molecule has 0 spiro atoms. The Hall–Kier alpha value is -1.76. The molecule has 0 bridgehead atoms. The fourth-order valence-electron chi connectivity index (χ4n) is 2.57. The van der Waals surface area contributed by atoms with Gasteiger partial charge in [0.25, 0.3) is 5.56 Å². The lowest BCUT2D eigenvalue weighted by Crippen LogP contribution is -2.27. The summed E-state index contributed by atoms with van der Waals surface area (Å²) in [6, 6.07) is 3.11. The molecule has 0 unspecified atom stereocenters. The molecule has 0 aliphatic carbocycles. The predicted octanol–water partition coefficient (Wildman–Crippen LogP) is 3.45. The van der Waals surface area contributed by atoms with Crippen LogP contribution in [0.3, 0.4) is 0 Å². The number of halogens is 3. The molecule has 2 heterocycles. The van der Waals surface area contributed by atoms with Crippen molar-refractivity contribution in [1.29, 1.82) is 0 Å². The van der Waals surface area contributed by atoms with Crippen molar-refractivity contribution in [3.05, 3.63) is 43.2 Å². The van der Waals surface area contributed by atoms with Crippen LogP contribution in [0.15, 0.2) is 16.9 Å². The normalized spacial score (nSPS) is 11.3. The van der Waals surface area contributed by atoms with Gasteiger partial charge in [0.2, 0.25) is 5.95 Å². The van der Waals surface area contributed by atoms with Crippen LogP contribution in [0.4, 0.5) is 5.95 Å². The van der Waals surface area contributed by atoms with E-state index in [9.17, 15) is 4.79 Å². The van der Waals surface area contributed by atoms with E-state index in [1.807, 2.05) is 14.1 Å². The van der Waals surface area contributed by atoms with Crippen LogP contribution >= 0.6 is 34.8 Å². The molecule has 1 aromatic carbocycles. The Morgan fingerprint density at radius 3 is 2.25 bits per heavy atom. The van der Waals surface area contributed by atoms with Gasteiger partial charge in [-0.3, -0.25) is 9.36 Å². The van der Waals surface area contributed by atoms with Crippen molar-refractivity contribution in [1.82, 2.24) is 19.3 Å². The van der Waals surface area contributed by atoms with Crippen molar-refractivity contribution in [2.45, 2.75) is 6.92 Å². The van der Waals surface area contributed by atoms with E-state index in [0.29, 0.717) is 43.4 Å². The second kappa shape index (κ2) is 5.95. The Morgan fingerprint density at radius 1 is 1.12 bits per heavy atom. The third-order valence-electron chi connectivity index (χ3n) is 3.64. The summed E-state index contributed by atoms with van der Waals surface area (Å²) in [4.78, 5) is 19.2. The monoisotopic (exact) mass is 385 g/mol. The average molecular weight is 387 g/mol. The molecule has 0 N–H and O–H groups in total. The highest BCUT2D eigenvalue weighted by Gasteiger charge is 2.21. The first-order valence-electron chi connectivity index (χ1n) is 7.01. The lowest BCUT2D eigenvalue weighted by Gasteiger charge is -2.15. The zero-order valence-electron chi connectivity index (χ0n) is 13.4. The first-order valence-corrected chi connectivity index (χ1v) is 8.14. The minimum absolute atomic E-state index is 0.244. The van der Waals surface area contributed by atoms with E-state index in [2.05, 4.69) is 10.1 Å². The number of rotatable bonds is 2. The highest BCUT2D eigenvalue weighted by atomic mass is 35.5. The molecule has 0 saturated carbocycles. The molecular formula is C15H14Cl3N5O. The topological polar surface area (TPSA) is 56.0 Å². The fourth-order valence-corrected chi connectivity index (χ4v) is 3.55. The quantitative estimate of drug-likeness (QED) is 0.677. The molecule has 24 heavy (non-hydrogen) atoms. The SMILES string of the molecule is Cc1nn(-c2c(Cl)cc(Cl)cc2Cl)c2c(=O)n(C)c(N(C)C)nc12. The zero-order chi connectivity index (χ0) is 17.8. The van der Waals surface area contributed by atoms with Crippen molar-refractivity contribution in [2.24, 2.45) is 7.05 Å². The summed E-state index contributed by atoms with van der Waals surface area (Å²) in [7, 11) is 5.29. The van der Waals surface area contributed by atoms with Crippen LogP contribution in [0.25, 0.3) is 16.7 Å². The molecule has 0 fully saturated rings. The molecule has 6 nitrogen and oxygen atoms in total. The summed E-state index contributed by atoms with van der Waals surface area (Å²) in [5.41, 5.74) is 1.58. The second-order valence-electron chi connectivity index (χ2n) is 5.58. The highest BCUT2D eigenvalue weighted by Crippen LogP contribution is 2.33. The lowest BCUT2D eigenvalue weighted by molar-refractivity contribution is 0.799. The van der Waals surface area contributed by atoms with Gasteiger partial charge in [0, 0.05) is 26.2 Å². The molecule has 126 valence electrons. The summed E-state index contributed by atoms with van der Waals surface area (Å²) < 4.78 is 2.89. The average Bonchev–Trinajstić information content (AvgIpc) is 2.78. The van der Waals surface area contributed by atoms with Gasteiger partial charge in [-0.15, -0.1) is 0 Å². The predicted molar refractivity (Wildman–Crippen MR) is 98.2 cm³/mol. The first-order chi connectivity index (χ1) is 11.2.